The van der Waals surface area contributed by atoms with Gasteiger partial charge in [0.15, 0.2) is 0 Å². The van der Waals surface area contributed by atoms with Crippen LogP contribution in [0.4, 0.5) is 4.39 Å². The molecule has 0 saturated carbocycles. The van der Waals surface area contributed by atoms with Gasteiger partial charge in [-0.15, -0.1) is 0 Å². The highest BCUT2D eigenvalue weighted by molar-refractivity contribution is 5.24. The molecule has 1 rings (SSSR count). The fourth-order valence-corrected chi connectivity index (χ4v) is 1.62. The monoisotopic (exact) mass is 253 g/mol. The van der Waals surface area contributed by atoms with Crippen LogP contribution in [0, 0.1) is 11.7 Å². The molecule has 0 aliphatic heterocycles. The lowest BCUT2D eigenvalue weighted by Gasteiger charge is -2.09. The number of nitrogens with one attached hydrogen (secondary N) is 1. The van der Waals surface area contributed by atoms with Crippen molar-refractivity contribution in [2.24, 2.45) is 5.92 Å². The number of hydrogen-bond acceptors (Lipinski definition) is 2. The third-order valence-corrected chi connectivity index (χ3v) is 2.79. The molecule has 0 aliphatic rings. The van der Waals surface area contributed by atoms with Gasteiger partial charge in [0.25, 0.3) is 0 Å². The van der Waals surface area contributed by atoms with E-state index < -0.39 is 0 Å². The van der Waals surface area contributed by atoms with E-state index in [1.165, 1.54) is 6.07 Å². The second kappa shape index (κ2) is 8.22. The van der Waals surface area contributed by atoms with Crippen LogP contribution in [0.15, 0.2) is 18.2 Å². The summed E-state index contributed by atoms with van der Waals surface area (Å²) < 4.78 is 19.1. The molecule has 0 saturated heterocycles. The predicted molar refractivity (Wildman–Crippen MR) is 72.9 cm³/mol. The zero-order chi connectivity index (χ0) is 13.4. The molecule has 0 amide bonds. The summed E-state index contributed by atoms with van der Waals surface area (Å²) in [5.74, 6) is 0.440. The third-order valence-electron chi connectivity index (χ3n) is 2.79. The number of benzene rings is 1. The van der Waals surface area contributed by atoms with E-state index in [-0.39, 0.29) is 5.82 Å². The van der Waals surface area contributed by atoms with Crippen molar-refractivity contribution in [3.63, 3.8) is 0 Å². The van der Waals surface area contributed by atoms with Crippen LogP contribution < -0.4 is 5.32 Å². The van der Waals surface area contributed by atoms with Gasteiger partial charge in [0.1, 0.15) is 5.82 Å². The van der Waals surface area contributed by atoms with Crippen LogP contribution in [0.2, 0.25) is 0 Å². The molecule has 0 unspecified atom stereocenters. The minimum absolute atomic E-state index is 0.181. The Morgan fingerprint density at radius 2 is 2.11 bits per heavy atom. The molecule has 0 atom stereocenters. The Morgan fingerprint density at radius 3 is 2.78 bits per heavy atom. The van der Waals surface area contributed by atoms with Crippen molar-refractivity contribution in [2.75, 3.05) is 13.2 Å². The van der Waals surface area contributed by atoms with Gasteiger partial charge in [-0.05, 0) is 36.6 Å². The highest BCUT2D eigenvalue weighted by Gasteiger charge is 2.04. The standard InChI is InChI=1S/C15H24FNO/c1-4-17-10-13-5-6-15(16)14(9-13)11-18-8-7-12(2)3/h5-6,9,12,17H,4,7-8,10-11H2,1-3H3. The molecule has 1 aromatic carbocycles. The van der Waals surface area contributed by atoms with Crippen LogP contribution in [0.25, 0.3) is 0 Å². The van der Waals surface area contributed by atoms with Crippen LogP contribution in [0.5, 0.6) is 0 Å². The second-order valence-electron chi connectivity index (χ2n) is 4.94. The van der Waals surface area contributed by atoms with E-state index in [0.717, 1.165) is 25.1 Å². The molecule has 0 fully saturated rings. The molecule has 18 heavy (non-hydrogen) atoms. The largest absolute Gasteiger partial charge is 0.377 e. The highest BCUT2D eigenvalue weighted by Crippen LogP contribution is 2.12. The Kier molecular flexibility index (Phi) is 6.91. The van der Waals surface area contributed by atoms with Gasteiger partial charge < -0.3 is 10.1 Å². The number of hydrogen-bond donors (Lipinski definition) is 1. The first-order valence-corrected chi connectivity index (χ1v) is 6.69. The summed E-state index contributed by atoms with van der Waals surface area (Å²) in [5, 5.41) is 3.23. The first-order valence-electron chi connectivity index (χ1n) is 6.69. The Morgan fingerprint density at radius 1 is 1.33 bits per heavy atom. The Labute approximate surface area is 110 Å². The molecule has 0 bridgehead atoms. The van der Waals surface area contributed by atoms with Gasteiger partial charge in [0, 0.05) is 18.7 Å². The average molecular weight is 253 g/mol. The number of rotatable bonds is 8. The molecule has 1 aromatic rings. The van der Waals surface area contributed by atoms with Gasteiger partial charge in [-0.3, -0.25) is 0 Å². The van der Waals surface area contributed by atoms with Crippen molar-refractivity contribution in [1.29, 1.82) is 0 Å². The molecule has 2 nitrogen and oxygen atoms in total. The molecule has 102 valence electrons. The van der Waals surface area contributed by atoms with Gasteiger partial charge in [0.05, 0.1) is 6.61 Å². The minimum atomic E-state index is -0.181. The molecule has 0 aromatic heterocycles. The molecular formula is C15H24FNO. The van der Waals surface area contributed by atoms with Crippen molar-refractivity contribution in [3.8, 4) is 0 Å². The summed E-state index contributed by atoms with van der Waals surface area (Å²) in [7, 11) is 0. The van der Waals surface area contributed by atoms with E-state index in [0.29, 0.717) is 24.7 Å². The Balaban J connectivity index is 2.47. The van der Waals surface area contributed by atoms with Crippen molar-refractivity contribution in [3.05, 3.63) is 35.1 Å². The first-order chi connectivity index (χ1) is 8.63. The normalized spacial score (nSPS) is 11.2. The SMILES string of the molecule is CCNCc1ccc(F)c(COCCC(C)C)c1. The maximum atomic E-state index is 13.6. The molecular weight excluding hydrogens is 229 g/mol. The average Bonchev–Trinajstić information content (AvgIpc) is 2.34. The van der Waals surface area contributed by atoms with Gasteiger partial charge >= 0.3 is 0 Å². The summed E-state index contributed by atoms with van der Waals surface area (Å²) in [6, 6.07) is 5.22. The van der Waals surface area contributed by atoms with Gasteiger partial charge in [0.2, 0.25) is 0 Å². The summed E-state index contributed by atoms with van der Waals surface area (Å²) in [5.41, 5.74) is 1.75. The topological polar surface area (TPSA) is 21.3 Å². The van der Waals surface area contributed by atoms with E-state index in [1.807, 2.05) is 12.1 Å². The molecule has 0 aliphatic carbocycles. The minimum Gasteiger partial charge on any atom is -0.377 e. The Bertz CT molecular complexity index is 352. The van der Waals surface area contributed by atoms with Gasteiger partial charge in [-0.25, -0.2) is 4.39 Å². The van der Waals surface area contributed by atoms with Crippen molar-refractivity contribution < 1.29 is 9.13 Å². The van der Waals surface area contributed by atoms with Crippen LogP contribution in [0.1, 0.15) is 38.3 Å². The molecule has 3 heteroatoms. The number of ether oxygens (including phenoxy) is 1. The summed E-state index contributed by atoms with van der Waals surface area (Å²) >= 11 is 0. The first kappa shape index (κ1) is 15.1. The van der Waals surface area contributed by atoms with Crippen molar-refractivity contribution in [2.45, 2.75) is 40.3 Å². The summed E-state index contributed by atoms with van der Waals surface area (Å²) in [4.78, 5) is 0. The van der Waals surface area contributed by atoms with E-state index in [4.69, 9.17) is 4.74 Å². The maximum Gasteiger partial charge on any atom is 0.128 e. The Hall–Kier alpha value is -0.930. The van der Waals surface area contributed by atoms with Crippen molar-refractivity contribution >= 4 is 0 Å². The van der Waals surface area contributed by atoms with Crippen LogP contribution in [-0.4, -0.2) is 13.2 Å². The second-order valence-corrected chi connectivity index (χ2v) is 4.94. The third kappa shape index (κ3) is 5.61. The van der Waals surface area contributed by atoms with E-state index in [2.05, 4.69) is 26.1 Å². The van der Waals surface area contributed by atoms with Gasteiger partial charge in [-0.2, -0.15) is 0 Å². The fourth-order valence-electron chi connectivity index (χ4n) is 1.62. The van der Waals surface area contributed by atoms with Crippen LogP contribution in [0.3, 0.4) is 0 Å². The maximum absolute atomic E-state index is 13.6. The van der Waals surface area contributed by atoms with E-state index >= 15 is 0 Å². The van der Waals surface area contributed by atoms with Gasteiger partial charge in [-0.1, -0.05) is 26.8 Å². The molecule has 0 radical (unpaired) electrons. The smallest absolute Gasteiger partial charge is 0.128 e. The predicted octanol–water partition coefficient (Wildman–Crippen LogP) is 3.50. The summed E-state index contributed by atoms with van der Waals surface area (Å²) in [6.45, 7) is 9.10. The molecule has 1 N–H and O–H groups in total. The van der Waals surface area contributed by atoms with E-state index in [9.17, 15) is 4.39 Å². The zero-order valence-corrected chi connectivity index (χ0v) is 11.6. The lowest BCUT2D eigenvalue weighted by Crippen LogP contribution is -2.12. The molecule has 0 heterocycles. The van der Waals surface area contributed by atoms with Crippen LogP contribution >= 0.6 is 0 Å². The highest BCUT2D eigenvalue weighted by atomic mass is 19.1. The van der Waals surface area contributed by atoms with E-state index in [1.54, 1.807) is 0 Å². The van der Waals surface area contributed by atoms with Crippen molar-refractivity contribution in [1.82, 2.24) is 5.32 Å². The molecule has 0 spiro atoms. The fraction of sp³-hybridized carbons (Fsp3) is 0.600. The summed E-state index contributed by atoms with van der Waals surface area (Å²) in [6.07, 6.45) is 1.01. The lowest BCUT2D eigenvalue weighted by molar-refractivity contribution is 0.108. The van der Waals surface area contributed by atoms with Crippen LogP contribution in [-0.2, 0) is 17.9 Å². The lowest BCUT2D eigenvalue weighted by atomic mass is 10.1. The number of halogens is 1. The zero-order valence-electron chi connectivity index (χ0n) is 11.6. The quantitative estimate of drug-likeness (QED) is 0.716.